The lowest BCUT2D eigenvalue weighted by Crippen LogP contribution is -2.37. The zero-order valence-corrected chi connectivity index (χ0v) is 14.6. The number of nitrogens with zero attached hydrogens (tertiary/aromatic N) is 3. The van der Waals surface area contributed by atoms with E-state index in [0.29, 0.717) is 5.15 Å². The number of nitrogens with one attached hydrogen (secondary N) is 2. The van der Waals surface area contributed by atoms with E-state index >= 15 is 0 Å². The normalized spacial score (nSPS) is 11.5. The molecule has 0 saturated carbocycles. The second kappa shape index (κ2) is 8.10. The summed E-state index contributed by atoms with van der Waals surface area (Å²) >= 11 is 7.48. The maximum atomic E-state index is 5.77. The van der Waals surface area contributed by atoms with Crippen LogP contribution < -0.4 is 10.6 Å². The Morgan fingerprint density at radius 3 is 2.73 bits per heavy atom. The molecule has 0 saturated heterocycles. The first-order valence-corrected chi connectivity index (χ1v) is 8.26. The van der Waals surface area contributed by atoms with E-state index in [1.807, 2.05) is 19.9 Å². The summed E-state index contributed by atoms with van der Waals surface area (Å²) in [6.45, 7) is 5.57. The van der Waals surface area contributed by atoms with E-state index in [4.69, 9.17) is 11.6 Å². The number of hydrogen-bond donors (Lipinski definition) is 2. The van der Waals surface area contributed by atoms with E-state index in [2.05, 4.69) is 25.6 Å². The van der Waals surface area contributed by atoms with Gasteiger partial charge in [-0.2, -0.15) is 0 Å². The largest absolute Gasteiger partial charge is 0.356 e. The quantitative estimate of drug-likeness (QED) is 0.500. The van der Waals surface area contributed by atoms with Crippen molar-refractivity contribution in [3.05, 3.63) is 44.6 Å². The Morgan fingerprint density at radius 1 is 1.32 bits per heavy atom. The highest BCUT2D eigenvalue weighted by molar-refractivity contribution is 7.11. The standard InChI is InChI=1S/C15H20ClN5S/c1-10-13(22-11(2)21-10)9-20-15(17-3)18-7-6-12-4-5-14(16)19-8-12/h4-5,8H,6-7,9H2,1-3H3,(H2,17,18,20). The first-order chi connectivity index (χ1) is 10.6. The minimum absolute atomic E-state index is 0.518. The molecule has 0 amide bonds. The summed E-state index contributed by atoms with van der Waals surface area (Å²) in [6, 6.07) is 3.79. The van der Waals surface area contributed by atoms with Gasteiger partial charge in [-0.05, 0) is 31.9 Å². The summed E-state index contributed by atoms with van der Waals surface area (Å²) in [4.78, 5) is 14.0. The molecule has 2 aromatic heterocycles. The highest BCUT2D eigenvalue weighted by atomic mass is 35.5. The molecule has 0 aliphatic rings. The Bertz CT molecular complexity index is 636. The third kappa shape index (κ3) is 4.96. The molecule has 0 aromatic carbocycles. The van der Waals surface area contributed by atoms with Crippen molar-refractivity contribution in [2.75, 3.05) is 13.6 Å². The Kier molecular flexibility index (Phi) is 6.15. The van der Waals surface area contributed by atoms with Gasteiger partial charge in [0.25, 0.3) is 0 Å². The molecule has 7 heteroatoms. The van der Waals surface area contributed by atoms with Crippen LogP contribution in [0.3, 0.4) is 0 Å². The zero-order valence-electron chi connectivity index (χ0n) is 13.0. The molecule has 0 aliphatic heterocycles. The lowest BCUT2D eigenvalue weighted by Gasteiger charge is -2.11. The van der Waals surface area contributed by atoms with Crippen molar-refractivity contribution in [2.45, 2.75) is 26.8 Å². The van der Waals surface area contributed by atoms with E-state index in [9.17, 15) is 0 Å². The predicted molar refractivity (Wildman–Crippen MR) is 92.7 cm³/mol. The second-order valence-electron chi connectivity index (χ2n) is 4.83. The van der Waals surface area contributed by atoms with Crippen molar-refractivity contribution >= 4 is 28.9 Å². The zero-order chi connectivity index (χ0) is 15.9. The lowest BCUT2D eigenvalue weighted by atomic mass is 10.2. The molecule has 0 fully saturated rings. The molecule has 118 valence electrons. The van der Waals surface area contributed by atoms with Crippen LogP contribution in [0.2, 0.25) is 5.15 Å². The van der Waals surface area contributed by atoms with Crippen LogP contribution in [0.15, 0.2) is 23.3 Å². The monoisotopic (exact) mass is 337 g/mol. The van der Waals surface area contributed by atoms with Crippen LogP contribution in [-0.2, 0) is 13.0 Å². The molecule has 0 aliphatic carbocycles. The SMILES string of the molecule is CN=C(NCCc1ccc(Cl)nc1)NCc1sc(C)nc1C. The third-order valence-electron chi connectivity index (χ3n) is 3.13. The lowest BCUT2D eigenvalue weighted by molar-refractivity contribution is 0.795. The van der Waals surface area contributed by atoms with Gasteiger partial charge in [0.1, 0.15) is 5.15 Å². The van der Waals surface area contributed by atoms with Gasteiger partial charge in [0.05, 0.1) is 17.2 Å². The van der Waals surface area contributed by atoms with E-state index in [0.717, 1.165) is 41.7 Å². The fourth-order valence-corrected chi connectivity index (χ4v) is 2.99. The van der Waals surface area contributed by atoms with Gasteiger partial charge in [-0.1, -0.05) is 17.7 Å². The summed E-state index contributed by atoms with van der Waals surface area (Å²) in [5.41, 5.74) is 2.22. The van der Waals surface area contributed by atoms with Crippen molar-refractivity contribution in [1.82, 2.24) is 20.6 Å². The summed E-state index contributed by atoms with van der Waals surface area (Å²) in [5.74, 6) is 0.785. The number of guanidine groups is 1. The van der Waals surface area contributed by atoms with Crippen LogP contribution in [0.25, 0.3) is 0 Å². The average Bonchev–Trinajstić information content (AvgIpc) is 2.82. The first-order valence-electron chi connectivity index (χ1n) is 7.06. The van der Waals surface area contributed by atoms with Crippen molar-refractivity contribution < 1.29 is 0 Å². The molecule has 2 heterocycles. The van der Waals surface area contributed by atoms with Crippen LogP contribution in [0, 0.1) is 13.8 Å². The van der Waals surface area contributed by atoms with Gasteiger partial charge in [0.2, 0.25) is 0 Å². The van der Waals surface area contributed by atoms with Gasteiger partial charge < -0.3 is 10.6 Å². The summed E-state index contributed by atoms with van der Waals surface area (Å²) in [7, 11) is 1.77. The summed E-state index contributed by atoms with van der Waals surface area (Å²) in [5, 5.41) is 8.21. The topological polar surface area (TPSA) is 62.2 Å². The Labute approximate surface area is 139 Å². The van der Waals surface area contributed by atoms with Crippen LogP contribution in [0.1, 0.15) is 21.1 Å². The number of halogens is 1. The Hall–Kier alpha value is -1.66. The predicted octanol–water partition coefficient (Wildman–Crippen LogP) is 2.72. The number of aromatic nitrogens is 2. The minimum atomic E-state index is 0.518. The highest BCUT2D eigenvalue weighted by Crippen LogP contribution is 2.16. The van der Waals surface area contributed by atoms with Crippen molar-refractivity contribution in [3.8, 4) is 0 Å². The van der Waals surface area contributed by atoms with Gasteiger partial charge >= 0.3 is 0 Å². The third-order valence-corrected chi connectivity index (χ3v) is 4.43. The van der Waals surface area contributed by atoms with Crippen LogP contribution in [-0.4, -0.2) is 29.5 Å². The van der Waals surface area contributed by atoms with Gasteiger partial charge in [0.15, 0.2) is 5.96 Å². The number of thiazole rings is 1. The number of pyridine rings is 1. The molecule has 0 unspecified atom stereocenters. The second-order valence-corrected chi connectivity index (χ2v) is 6.51. The maximum absolute atomic E-state index is 5.77. The van der Waals surface area contributed by atoms with Gasteiger partial charge in [-0.25, -0.2) is 9.97 Å². The van der Waals surface area contributed by atoms with Crippen molar-refractivity contribution in [3.63, 3.8) is 0 Å². The average molecular weight is 338 g/mol. The van der Waals surface area contributed by atoms with E-state index in [1.54, 1.807) is 30.6 Å². The molecule has 2 aromatic rings. The summed E-state index contributed by atoms with van der Waals surface area (Å²) < 4.78 is 0. The molecule has 0 atom stereocenters. The van der Waals surface area contributed by atoms with Gasteiger partial charge in [0, 0.05) is 24.7 Å². The Morgan fingerprint density at radius 2 is 2.14 bits per heavy atom. The van der Waals surface area contributed by atoms with Crippen LogP contribution >= 0.6 is 22.9 Å². The van der Waals surface area contributed by atoms with E-state index in [1.165, 1.54) is 4.88 Å². The number of hydrogen-bond acceptors (Lipinski definition) is 4. The molecular weight excluding hydrogens is 318 g/mol. The molecule has 0 radical (unpaired) electrons. The first kappa shape index (κ1) is 16.7. The van der Waals surface area contributed by atoms with Crippen molar-refractivity contribution in [2.24, 2.45) is 4.99 Å². The van der Waals surface area contributed by atoms with Gasteiger partial charge in [-0.3, -0.25) is 4.99 Å². The van der Waals surface area contributed by atoms with E-state index in [-0.39, 0.29) is 0 Å². The van der Waals surface area contributed by atoms with Crippen LogP contribution in [0.4, 0.5) is 0 Å². The minimum Gasteiger partial charge on any atom is -0.356 e. The molecule has 2 N–H and O–H groups in total. The number of rotatable bonds is 5. The maximum Gasteiger partial charge on any atom is 0.191 e. The summed E-state index contributed by atoms with van der Waals surface area (Å²) in [6.07, 6.45) is 2.66. The molecular formula is C15H20ClN5S. The molecule has 5 nitrogen and oxygen atoms in total. The van der Waals surface area contributed by atoms with Gasteiger partial charge in [-0.15, -0.1) is 11.3 Å². The molecule has 0 bridgehead atoms. The molecule has 0 spiro atoms. The number of aryl methyl sites for hydroxylation is 2. The van der Waals surface area contributed by atoms with E-state index < -0.39 is 0 Å². The molecule has 2 rings (SSSR count). The smallest absolute Gasteiger partial charge is 0.191 e. The van der Waals surface area contributed by atoms with Crippen molar-refractivity contribution in [1.29, 1.82) is 0 Å². The Balaban J connectivity index is 1.78. The van der Waals surface area contributed by atoms with Crippen LogP contribution in [0.5, 0.6) is 0 Å². The fraction of sp³-hybridized carbons (Fsp3) is 0.400. The highest BCUT2D eigenvalue weighted by Gasteiger charge is 2.05. The molecule has 22 heavy (non-hydrogen) atoms. The number of aliphatic imine (C=N–C) groups is 1. The fourth-order valence-electron chi connectivity index (χ4n) is 2.00.